The first-order valence-corrected chi connectivity index (χ1v) is 5.90. The van der Waals surface area contributed by atoms with E-state index in [0.29, 0.717) is 0 Å². The molecule has 0 aromatic heterocycles. The SMILES string of the molecule is CC(C)(CO)[C@@H](N)c1ccc2ccccc2c1. The third-order valence-corrected chi connectivity index (χ3v) is 3.38. The number of aliphatic hydroxyl groups is 1. The largest absolute Gasteiger partial charge is 0.396 e. The van der Waals surface area contributed by atoms with E-state index in [4.69, 9.17) is 5.73 Å². The summed E-state index contributed by atoms with van der Waals surface area (Å²) >= 11 is 0. The lowest BCUT2D eigenvalue weighted by atomic mass is 9.81. The molecule has 0 saturated heterocycles. The smallest absolute Gasteiger partial charge is 0.0500 e. The Balaban J connectivity index is 2.43. The van der Waals surface area contributed by atoms with E-state index >= 15 is 0 Å². The second kappa shape index (κ2) is 4.47. The Hall–Kier alpha value is -1.38. The van der Waals surface area contributed by atoms with Crippen LogP contribution in [0.4, 0.5) is 0 Å². The first-order valence-electron chi connectivity index (χ1n) is 5.90. The van der Waals surface area contributed by atoms with Gasteiger partial charge in [-0.1, -0.05) is 50.2 Å². The van der Waals surface area contributed by atoms with E-state index in [-0.39, 0.29) is 18.1 Å². The van der Waals surface area contributed by atoms with Crippen LogP contribution in [0.5, 0.6) is 0 Å². The Morgan fingerprint density at radius 3 is 2.41 bits per heavy atom. The normalized spacial score (nSPS) is 13.9. The molecule has 0 aliphatic rings. The summed E-state index contributed by atoms with van der Waals surface area (Å²) in [5.41, 5.74) is 6.98. The Bertz CT molecular complexity index is 519. The van der Waals surface area contributed by atoms with Crippen LogP contribution in [0.2, 0.25) is 0 Å². The quantitative estimate of drug-likeness (QED) is 0.850. The Kier molecular flexibility index (Phi) is 3.18. The summed E-state index contributed by atoms with van der Waals surface area (Å²) in [6, 6.07) is 14.3. The van der Waals surface area contributed by atoms with Crippen molar-refractivity contribution in [3.8, 4) is 0 Å². The van der Waals surface area contributed by atoms with Gasteiger partial charge in [0.2, 0.25) is 0 Å². The lowest BCUT2D eigenvalue weighted by Gasteiger charge is -2.29. The van der Waals surface area contributed by atoms with Crippen molar-refractivity contribution in [1.82, 2.24) is 0 Å². The molecule has 2 aromatic carbocycles. The maximum Gasteiger partial charge on any atom is 0.0500 e. The highest BCUT2D eigenvalue weighted by Crippen LogP contribution is 2.31. The molecule has 0 aliphatic carbocycles. The molecule has 2 nitrogen and oxygen atoms in total. The molecule has 2 heteroatoms. The molecule has 0 unspecified atom stereocenters. The number of hydrogen-bond donors (Lipinski definition) is 2. The fourth-order valence-electron chi connectivity index (χ4n) is 1.95. The minimum Gasteiger partial charge on any atom is -0.396 e. The third kappa shape index (κ3) is 2.33. The lowest BCUT2D eigenvalue weighted by Crippen LogP contribution is -2.32. The summed E-state index contributed by atoms with van der Waals surface area (Å²) in [7, 11) is 0. The molecule has 0 amide bonds. The summed E-state index contributed by atoms with van der Waals surface area (Å²) in [4.78, 5) is 0. The van der Waals surface area contributed by atoms with Gasteiger partial charge in [-0.05, 0) is 22.4 Å². The van der Waals surface area contributed by atoms with Crippen LogP contribution >= 0.6 is 0 Å². The van der Waals surface area contributed by atoms with Crippen LogP contribution in [-0.4, -0.2) is 11.7 Å². The summed E-state index contributed by atoms with van der Waals surface area (Å²) in [6.07, 6.45) is 0. The first kappa shape index (κ1) is 12.1. The van der Waals surface area contributed by atoms with E-state index in [2.05, 4.69) is 24.3 Å². The summed E-state index contributed by atoms with van der Waals surface area (Å²) < 4.78 is 0. The van der Waals surface area contributed by atoms with Crippen LogP contribution < -0.4 is 5.73 Å². The topological polar surface area (TPSA) is 46.2 Å². The van der Waals surface area contributed by atoms with E-state index in [1.807, 2.05) is 32.0 Å². The molecule has 0 radical (unpaired) electrons. The molecule has 2 aromatic rings. The summed E-state index contributed by atoms with van der Waals surface area (Å²) in [5.74, 6) is 0. The molecule has 0 saturated carbocycles. The highest BCUT2D eigenvalue weighted by Gasteiger charge is 2.26. The number of fused-ring (bicyclic) bond motifs is 1. The van der Waals surface area contributed by atoms with Crippen LogP contribution in [-0.2, 0) is 0 Å². The van der Waals surface area contributed by atoms with Gasteiger partial charge in [-0.2, -0.15) is 0 Å². The van der Waals surface area contributed by atoms with Crippen molar-refractivity contribution < 1.29 is 5.11 Å². The molecule has 1 atom stereocenters. The van der Waals surface area contributed by atoms with E-state index in [1.54, 1.807) is 0 Å². The minimum atomic E-state index is -0.303. The molecule has 3 N–H and O–H groups in total. The fraction of sp³-hybridized carbons (Fsp3) is 0.333. The van der Waals surface area contributed by atoms with Gasteiger partial charge in [0, 0.05) is 18.1 Å². The van der Waals surface area contributed by atoms with Crippen molar-refractivity contribution >= 4 is 10.8 Å². The van der Waals surface area contributed by atoms with Crippen molar-refractivity contribution in [3.63, 3.8) is 0 Å². The van der Waals surface area contributed by atoms with Gasteiger partial charge in [-0.15, -0.1) is 0 Å². The average Bonchev–Trinajstić information content (AvgIpc) is 2.37. The second-order valence-corrected chi connectivity index (χ2v) is 5.23. The zero-order chi connectivity index (χ0) is 12.5. The molecule has 2 rings (SSSR count). The van der Waals surface area contributed by atoms with E-state index in [1.165, 1.54) is 10.8 Å². The number of nitrogens with two attached hydrogens (primary N) is 1. The third-order valence-electron chi connectivity index (χ3n) is 3.38. The number of rotatable bonds is 3. The van der Waals surface area contributed by atoms with E-state index in [0.717, 1.165) is 5.56 Å². The Morgan fingerprint density at radius 1 is 1.12 bits per heavy atom. The Labute approximate surface area is 102 Å². The predicted octanol–water partition coefficient (Wildman–Crippen LogP) is 2.86. The molecule has 0 bridgehead atoms. The molecule has 90 valence electrons. The van der Waals surface area contributed by atoms with Gasteiger partial charge >= 0.3 is 0 Å². The standard InChI is InChI=1S/C15H19NO/c1-15(2,10-17)14(16)13-8-7-11-5-3-4-6-12(11)9-13/h3-9,14,17H,10,16H2,1-2H3/t14-/m0/s1. The number of hydrogen-bond acceptors (Lipinski definition) is 2. The van der Waals surface area contributed by atoms with Crippen LogP contribution in [0.15, 0.2) is 42.5 Å². The second-order valence-electron chi connectivity index (χ2n) is 5.23. The lowest BCUT2D eigenvalue weighted by molar-refractivity contribution is 0.132. The fourth-order valence-corrected chi connectivity index (χ4v) is 1.95. The van der Waals surface area contributed by atoms with Crippen molar-refractivity contribution in [1.29, 1.82) is 0 Å². The van der Waals surface area contributed by atoms with Crippen LogP contribution in [0, 0.1) is 5.41 Å². The maximum absolute atomic E-state index is 9.36. The number of benzene rings is 2. The van der Waals surface area contributed by atoms with Gasteiger partial charge in [0.15, 0.2) is 0 Å². The molecule has 0 fully saturated rings. The van der Waals surface area contributed by atoms with E-state index in [9.17, 15) is 5.11 Å². The van der Waals surface area contributed by atoms with Gasteiger partial charge < -0.3 is 10.8 Å². The van der Waals surface area contributed by atoms with Gasteiger partial charge in [0.1, 0.15) is 0 Å². The van der Waals surface area contributed by atoms with Gasteiger partial charge in [-0.25, -0.2) is 0 Å². The average molecular weight is 229 g/mol. The molecule has 17 heavy (non-hydrogen) atoms. The van der Waals surface area contributed by atoms with Crippen molar-refractivity contribution in [2.45, 2.75) is 19.9 Å². The van der Waals surface area contributed by atoms with Gasteiger partial charge in [0.25, 0.3) is 0 Å². The van der Waals surface area contributed by atoms with Gasteiger partial charge in [-0.3, -0.25) is 0 Å². The van der Waals surface area contributed by atoms with Crippen LogP contribution in [0.1, 0.15) is 25.5 Å². The van der Waals surface area contributed by atoms with Crippen LogP contribution in [0.25, 0.3) is 10.8 Å². The highest BCUT2D eigenvalue weighted by atomic mass is 16.3. The zero-order valence-electron chi connectivity index (χ0n) is 10.4. The van der Waals surface area contributed by atoms with E-state index < -0.39 is 0 Å². The van der Waals surface area contributed by atoms with Crippen LogP contribution in [0.3, 0.4) is 0 Å². The molecule has 0 heterocycles. The predicted molar refractivity (Wildman–Crippen MR) is 71.7 cm³/mol. The molecule has 0 spiro atoms. The van der Waals surface area contributed by atoms with Crippen molar-refractivity contribution in [2.75, 3.05) is 6.61 Å². The summed E-state index contributed by atoms with van der Waals surface area (Å²) in [6.45, 7) is 4.04. The highest BCUT2D eigenvalue weighted by molar-refractivity contribution is 5.83. The maximum atomic E-state index is 9.36. The molecular weight excluding hydrogens is 210 g/mol. The van der Waals surface area contributed by atoms with Crippen molar-refractivity contribution in [3.05, 3.63) is 48.0 Å². The Morgan fingerprint density at radius 2 is 1.76 bits per heavy atom. The molecule has 0 aliphatic heterocycles. The number of aliphatic hydroxyl groups excluding tert-OH is 1. The van der Waals surface area contributed by atoms with Gasteiger partial charge in [0.05, 0.1) is 0 Å². The zero-order valence-corrected chi connectivity index (χ0v) is 10.4. The summed E-state index contributed by atoms with van der Waals surface area (Å²) in [5, 5.41) is 11.8. The van der Waals surface area contributed by atoms with Crippen molar-refractivity contribution in [2.24, 2.45) is 11.1 Å². The monoisotopic (exact) mass is 229 g/mol. The minimum absolute atomic E-state index is 0.0843. The first-order chi connectivity index (χ1) is 8.04. The molecular formula is C15H19NO.